The maximum atomic E-state index is 13.9. The number of carbonyl (C=O) groups excluding carboxylic acids is 2. The standard InChI is InChI=1S/C33H40F3N3O4S/c1-24-13-9-10-16-26(24)23-38(29(31(41)37-32(2,3)4)21-25-14-7-6-8-15-25)30(40)19-12-20-39(44(5,42)43)28-18-11-17-27(22-28)33(34,35)36/h6-11,13-18,22,29H,12,19-21,23H2,1-5H3,(H,37,41)/t29-/m1/s1. The van der Waals surface area contributed by atoms with Crippen LogP contribution >= 0.6 is 0 Å². The van der Waals surface area contributed by atoms with Crippen molar-refractivity contribution in [2.75, 3.05) is 17.1 Å². The van der Waals surface area contributed by atoms with Crippen molar-refractivity contribution in [1.82, 2.24) is 10.2 Å². The minimum Gasteiger partial charge on any atom is -0.350 e. The van der Waals surface area contributed by atoms with Gasteiger partial charge in [0, 0.05) is 31.5 Å². The Balaban J connectivity index is 1.93. The van der Waals surface area contributed by atoms with Gasteiger partial charge in [0.15, 0.2) is 0 Å². The molecule has 7 nitrogen and oxygen atoms in total. The number of nitrogens with one attached hydrogen (secondary N) is 1. The number of alkyl halides is 3. The van der Waals surface area contributed by atoms with E-state index in [9.17, 15) is 31.2 Å². The summed E-state index contributed by atoms with van der Waals surface area (Å²) < 4.78 is 66.1. The van der Waals surface area contributed by atoms with Crippen LogP contribution in [0.5, 0.6) is 0 Å². The molecular weight excluding hydrogens is 591 g/mol. The highest BCUT2D eigenvalue weighted by molar-refractivity contribution is 7.92. The predicted molar refractivity (Wildman–Crippen MR) is 166 cm³/mol. The van der Waals surface area contributed by atoms with Crippen LogP contribution in [-0.4, -0.2) is 49.5 Å². The van der Waals surface area contributed by atoms with E-state index in [-0.39, 0.29) is 49.9 Å². The first-order valence-corrected chi connectivity index (χ1v) is 16.2. The van der Waals surface area contributed by atoms with E-state index in [2.05, 4.69) is 5.32 Å². The van der Waals surface area contributed by atoms with Crippen LogP contribution in [0.1, 0.15) is 55.9 Å². The smallest absolute Gasteiger partial charge is 0.350 e. The van der Waals surface area contributed by atoms with Gasteiger partial charge in [-0.1, -0.05) is 60.7 Å². The van der Waals surface area contributed by atoms with Crippen molar-refractivity contribution in [3.63, 3.8) is 0 Å². The molecule has 0 spiro atoms. The van der Waals surface area contributed by atoms with E-state index in [1.54, 1.807) is 0 Å². The van der Waals surface area contributed by atoms with Gasteiger partial charge in [-0.15, -0.1) is 0 Å². The van der Waals surface area contributed by atoms with E-state index in [0.717, 1.165) is 45.5 Å². The van der Waals surface area contributed by atoms with E-state index in [1.165, 1.54) is 11.0 Å². The molecule has 1 N–H and O–H groups in total. The van der Waals surface area contributed by atoms with Gasteiger partial charge in [-0.3, -0.25) is 13.9 Å². The molecule has 0 fully saturated rings. The second-order valence-corrected chi connectivity index (χ2v) is 13.8. The minimum absolute atomic E-state index is 0.0192. The summed E-state index contributed by atoms with van der Waals surface area (Å²) >= 11 is 0. The molecule has 1 atom stereocenters. The Morgan fingerprint density at radius 3 is 2.14 bits per heavy atom. The van der Waals surface area contributed by atoms with Gasteiger partial charge in [-0.2, -0.15) is 13.2 Å². The van der Waals surface area contributed by atoms with Crippen molar-refractivity contribution in [2.45, 2.75) is 71.3 Å². The van der Waals surface area contributed by atoms with Crippen LogP contribution in [0.4, 0.5) is 18.9 Å². The van der Waals surface area contributed by atoms with Crippen molar-refractivity contribution in [3.05, 3.63) is 101 Å². The Morgan fingerprint density at radius 2 is 1.55 bits per heavy atom. The number of halogens is 3. The monoisotopic (exact) mass is 631 g/mol. The summed E-state index contributed by atoms with van der Waals surface area (Å²) in [5.74, 6) is -0.708. The molecule has 0 aromatic heterocycles. The van der Waals surface area contributed by atoms with Crippen molar-refractivity contribution >= 4 is 27.5 Å². The van der Waals surface area contributed by atoms with Gasteiger partial charge < -0.3 is 10.2 Å². The average Bonchev–Trinajstić information content (AvgIpc) is 2.92. The molecule has 0 aliphatic heterocycles. The van der Waals surface area contributed by atoms with E-state index in [0.29, 0.717) is 0 Å². The topological polar surface area (TPSA) is 86.8 Å². The molecule has 0 saturated carbocycles. The Bertz CT molecular complexity index is 1540. The zero-order valence-electron chi connectivity index (χ0n) is 25.7. The normalized spacial score (nSPS) is 12.8. The van der Waals surface area contributed by atoms with Crippen LogP contribution in [0.25, 0.3) is 0 Å². The lowest BCUT2D eigenvalue weighted by Gasteiger charge is -2.34. The third kappa shape index (κ3) is 10.1. The van der Waals surface area contributed by atoms with E-state index in [4.69, 9.17) is 0 Å². The number of hydrogen-bond donors (Lipinski definition) is 1. The van der Waals surface area contributed by atoms with Crippen LogP contribution in [0.15, 0.2) is 78.9 Å². The predicted octanol–water partition coefficient (Wildman–Crippen LogP) is 6.11. The summed E-state index contributed by atoms with van der Waals surface area (Å²) in [4.78, 5) is 29.2. The number of nitrogens with zero attached hydrogens (tertiary/aromatic N) is 2. The fraction of sp³-hybridized carbons (Fsp3) is 0.394. The molecule has 44 heavy (non-hydrogen) atoms. The second kappa shape index (κ2) is 14.3. The summed E-state index contributed by atoms with van der Waals surface area (Å²) in [6, 6.07) is 20.1. The quantitative estimate of drug-likeness (QED) is 0.261. The fourth-order valence-electron chi connectivity index (χ4n) is 4.82. The maximum Gasteiger partial charge on any atom is 0.416 e. The number of aryl methyl sites for hydroxylation is 1. The summed E-state index contributed by atoms with van der Waals surface area (Å²) in [6.07, 6.45) is -3.60. The molecule has 3 aromatic carbocycles. The molecular formula is C33H40F3N3O4S. The van der Waals surface area contributed by atoms with Crippen molar-refractivity contribution in [3.8, 4) is 0 Å². The number of rotatable bonds is 12. The Morgan fingerprint density at radius 1 is 0.909 bits per heavy atom. The number of sulfonamides is 1. The highest BCUT2D eigenvalue weighted by Crippen LogP contribution is 2.32. The summed E-state index contributed by atoms with van der Waals surface area (Å²) in [5, 5.41) is 3.00. The maximum absolute atomic E-state index is 13.9. The van der Waals surface area contributed by atoms with Gasteiger partial charge in [-0.25, -0.2) is 8.42 Å². The van der Waals surface area contributed by atoms with Gasteiger partial charge in [0.2, 0.25) is 21.8 Å². The first-order chi connectivity index (χ1) is 20.5. The molecule has 0 aliphatic rings. The van der Waals surface area contributed by atoms with E-state index >= 15 is 0 Å². The van der Waals surface area contributed by atoms with Crippen molar-refractivity contribution in [2.24, 2.45) is 0 Å². The second-order valence-electron chi connectivity index (χ2n) is 11.9. The molecule has 11 heteroatoms. The lowest BCUT2D eigenvalue weighted by atomic mass is 9.99. The molecule has 3 aromatic rings. The third-order valence-corrected chi connectivity index (χ3v) is 8.18. The van der Waals surface area contributed by atoms with Crippen LogP contribution in [0, 0.1) is 6.92 Å². The number of amides is 2. The minimum atomic E-state index is -4.65. The molecule has 3 rings (SSSR count). The van der Waals surface area contributed by atoms with E-state index < -0.39 is 33.3 Å². The van der Waals surface area contributed by atoms with Crippen LogP contribution < -0.4 is 9.62 Å². The Hall–Kier alpha value is -3.86. The third-order valence-electron chi connectivity index (χ3n) is 6.98. The highest BCUT2D eigenvalue weighted by atomic mass is 32.2. The first-order valence-electron chi connectivity index (χ1n) is 14.3. The van der Waals surface area contributed by atoms with Crippen LogP contribution in [-0.2, 0) is 38.8 Å². The van der Waals surface area contributed by atoms with Gasteiger partial charge in [0.05, 0.1) is 17.5 Å². The lowest BCUT2D eigenvalue weighted by Crippen LogP contribution is -2.54. The SMILES string of the molecule is Cc1ccccc1CN(C(=O)CCCN(c1cccc(C(F)(F)F)c1)S(C)(=O)=O)[C@H](Cc1ccccc1)C(=O)NC(C)(C)C. The number of anilines is 1. The van der Waals surface area contributed by atoms with Crippen molar-refractivity contribution in [1.29, 1.82) is 0 Å². The molecule has 0 aliphatic carbocycles. The number of benzene rings is 3. The van der Waals surface area contributed by atoms with Crippen LogP contribution in [0.3, 0.4) is 0 Å². The van der Waals surface area contributed by atoms with Gasteiger partial charge in [0.1, 0.15) is 6.04 Å². The van der Waals surface area contributed by atoms with E-state index in [1.807, 2.05) is 82.3 Å². The number of hydrogen-bond acceptors (Lipinski definition) is 4. The Kier molecular flexibility index (Phi) is 11.2. The summed E-state index contributed by atoms with van der Waals surface area (Å²) in [7, 11) is -3.97. The largest absolute Gasteiger partial charge is 0.416 e. The lowest BCUT2D eigenvalue weighted by molar-refractivity contribution is -0.142. The molecule has 0 saturated heterocycles. The average molecular weight is 632 g/mol. The fourth-order valence-corrected chi connectivity index (χ4v) is 5.78. The first kappa shape index (κ1) is 34.6. The van der Waals surface area contributed by atoms with Gasteiger partial charge in [0.25, 0.3) is 0 Å². The molecule has 238 valence electrons. The number of carbonyl (C=O) groups is 2. The van der Waals surface area contributed by atoms with Gasteiger partial charge in [-0.05, 0) is 69.0 Å². The zero-order chi connectivity index (χ0) is 32.7. The van der Waals surface area contributed by atoms with Crippen LogP contribution in [0.2, 0.25) is 0 Å². The zero-order valence-corrected chi connectivity index (χ0v) is 26.5. The highest BCUT2D eigenvalue weighted by Gasteiger charge is 2.33. The molecule has 0 heterocycles. The molecule has 0 unspecified atom stereocenters. The summed E-state index contributed by atoms with van der Waals surface area (Å²) in [5.41, 5.74) is 0.967. The summed E-state index contributed by atoms with van der Waals surface area (Å²) in [6.45, 7) is 7.40. The van der Waals surface area contributed by atoms with Gasteiger partial charge >= 0.3 is 6.18 Å². The van der Waals surface area contributed by atoms with Crippen molar-refractivity contribution < 1.29 is 31.2 Å². The molecule has 0 bridgehead atoms. The molecule has 2 amide bonds. The molecule has 0 radical (unpaired) electrons. The Labute approximate surface area is 258 Å².